The molecule has 2 amide bonds. The number of aryl methyl sites for hydroxylation is 2. The van der Waals surface area contributed by atoms with E-state index in [2.05, 4.69) is 5.32 Å². The maximum atomic E-state index is 13.5. The number of carbonyl (C=O) groups excluding carboxylic acids is 2. The summed E-state index contributed by atoms with van der Waals surface area (Å²) in [6.45, 7) is 6.76. The molecule has 1 N–H and O–H groups in total. The highest BCUT2D eigenvalue weighted by Crippen LogP contribution is 2.38. The first-order valence-corrected chi connectivity index (χ1v) is 11.2. The Hall–Kier alpha value is -3.22. The van der Waals surface area contributed by atoms with Crippen molar-refractivity contribution in [3.8, 4) is 17.2 Å². The lowest BCUT2D eigenvalue weighted by Crippen LogP contribution is -2.37. The van der Waals surface area contributed by atoms with E-state index in [0.717, 1.165) is 23.2 Å². The van der Waals surface area contributed by atoms with Gasteiger partial charge < -0.3 is 24.4 Å². The van der Waals surface area contributed by atoms with Gasteiger partial charge in [-0.2, -0.15) is 0 Å². The lowest BCUT2D eigenvalue weighted by atomic mass is 10.0. The number of benzene rings is 2. The predicted molar refractivity (Wildman–Crippen MR) is 120 cm³/mol. The number of fused-ring (bicyclic) bond motifs is 3. The van der Waals surface area contributed by atoms with Gasteiger partial charge in [0, 0.05) is 24.6 Å². The molecule has 0 unspecified atom stereocenters. The van der Waals surface area contributed by atoms with Gasteiger partial charge in [0.1, 0.15) is 35.5 Å². The molecule has 3 aliphatic rings. The summed E-state index contributed by atoms with van der Waals surface area (Å²) in [7, 11) is 0. The van der Waals surface area contributed by atoms with Gasteiger partial charge in [0.25, 0.3) is 5.91 Å². The van der Waals surface area contributed by atoms with Crippen LogP contribution < -0.4 is 19.5 Å². The van der Waals surface area contributed by atoms with E-state index in [1.807, 2.05) is 56.0 Å². The zero-order valence-corrected chi connectivity index (χ0v) is 18.6. The van der Waals surface area contributed by atoms with Crippen molar-refractivity contribution in [2.24, 2.45) is 0 Å². The zero-order valence-electron chi connectivity index (χ0n) is 18.6. The summed E-state index contributed by atoms with van der Waals surface area (Å²) in [5.74, 6) is 1.79. The zero-order chi connectivity index (χ0) is 22.4. The molecule has 2 aromatic carbocycles. The van der Waals surface area contributed by atoms with Crippen LogP contribution in [0.4, 0.5) is 5.69 Å². The number of amides is 2. The van der Waals surface area contributed by atoms with Crippen molar-refractivity contribution >= 4 is 17.5 Å². The highest BCUT2D eigenvalue weighted by Gasteiger charge is 2.41. The van der Waals surface area contributed by atoms with Crippen molar-refractivity contribution in [1.82, 2.24) is 4.90 Å². The summed E-state index contributed by atoms with van der Waals surface area (Å²) in [6.07, 6.45) is 1.74. The lowest BCUT2D eigenvalue weighted by Gasteiger charge is -2.22. The predicted octanol–water partition coefficient (Wildman–Crippen LogP) is 3.72. The molecule has 0 radical (unpaired) electrons. The highest BCUT2D eigenvalue weighted by atomic mass is 16.5. The van der Waals surface area contributed by atoms with E-state index in [1.165, 1.54) is 0 Å². The molecule has 3 aliphatic heterocycles. The van der Waals surface area contributed by atoms with E-state index in [4.69, 9.17) is 14.2 Å². The van der Waals surface area contributed by atoms with E-state index in [0.29, 0.717) is 48.8 Å². The average Bonchev–Trinajstić information content (AvgIpc) is 3.08. The second-order valence-corrected chi connectivity index (χ2v) is 9.07. The van der Waals surface area contributed by atoms with Gasteiger partial charge in [-0.3, -0.25) is 9.59 Å². The molecule has 32 heavy (non-hydrogen) atoms. The standard InChI is InChI=1S/C25H28N2O5/c1-14(2)31-22-9-15(3)8-21-24(22)25(29)27-12-19(10-17(27)13-30-21)32-18-6-4-16-5-7-23(28)26-20(16)11-18/h4,6,8-9,11,14,17,19H,5,7,10,12-13H2,1-3H3,(H,26,28)/t17-,19+/m1/s1. The second-order valence-electron chi connectivity index (χ2n) is 9.07. The van der Waals surface area contributed by atoms with Crippen molar-refractivity contribution in [1.29, 1.82) is 0 Å². The van der Waals surface area contributed by atoms with Gasteiger partial charge in [-0.15, -0.1) is 0 Å². The first kappa shape index (κ1) is 20.7. The Kier molecular flexibility index (Phi) is 5.19. The molecule has 0 aliphatic carbocycles. The Labute approximate surface area is 187 Å². The summed E-state index contributed by atoms with van der Waals surface area (Å²) in [4.78, 5) is 27.1. The third-order valence-electron chi connectivity index (χ3n) is 6.13. The van der Waals surface area contributed by atoms with Crippen molar-refractivity contribution in [3.05, 3.63) is 47.0 Å². The molecule has 0 bridgehead atoms. The van der Waals surface area contributed by atoms with Crippen LogP contribution in [0.2, 0.25) is 0 Å². The Morgan fingerprint density at radius 1 is 1.16 bits per heavy atom. The first-order valence-electron chi connectivity index (χ1n) is 11.2. The summed E-state index contributed by atoms with van der Waals surface area (Å²) < 4.78 is 18.3. The van der Waals surface area contributed by atoms with Crippen molar-refractivity contribution in [2.75, 3.05) is 18.5 Å². The van der Waals surface area contributed by atoms with Crippen LogP contribution in [0, 0.1) is 6.92 Å². The topological polar surface area (TPSA) is 77.1 Å². The molecule has 0 spiro atoms. The maximum Gasteiger partial charge on any atom is 0.261 e. The number of hydrogen-bond acceptors (Lipinski definition) is 5. The number of rotatable bonds is 4. The third-order valence-corrected chi connectivity index (χ3v) is 6.13. The Morgan fingerprint density at radius 3 is 2.81 bits per heavy atom. The van der Waals surface area contributed by atoms with E-state index >= 15 is 0 Å². The van der Waals surface area contributed by atoms with Crippen molar-refractivity contribution in [3.63, 3.8) is 0 Å². The molecule has 7 nitrogen and oxygen atoms in total. The monoisotopic (exact) mass is 436 g/mol. The molecule has 1 saturated heterocycles. The van der Waals surface area contributed by atoms with Crippen LogP contribution in [-0.4, -0.2) is 48.1 Å². The molecule has 0 saturated carbocycles. The van der Waals surface area contributed by atoms with Crippen LogP contribution in [0.25, 0.3) is 0 Å². The van der Waals surface area contributed by atoms with Crippen LogP contribution in [0.1, 0.15) is 48.2 Å². The van der Waals surface area contributed by atoms with Crippen LogP contribution in [0.15, 0.2) is 30.3 Å². The Bertz CT molecular complexity index is 1080. The molecular formula is C25H28N2O5. The fourth-order valence-corrected chi connectivity index (χ4v) is 4.70. The quantitative estimate of drug-likeness (QED) is 0.791. The van der Waals surface area contributed by atoms with Gasteiger partial charge in [-0.25, -0.2) is 0 Å². The van der Waals surface area contributed by atoms with Gasteiger partial charge in [0.2, 0.25) is 5.91 Å². The SMILES string of the molecule is Cc1cc2c(c(OC(C)C)c1)C(=O)N1C[C@@H](Oc3ccc4c(c3)NC(=O)CC4)C[C@@H]1CO2. The first-order chi connectivity index (χ1) is 15.4. The summed E-state index contributed by atoms with van der Waals surface area (Å²) in [6, 6.07) is 9.54. The summed E-state index contributed by atoms with van der Waals surface area (Å²) in [5.41, 5.74) is 3.41. The fourth-order valence-electron chi connectivity index (χ4n) is 4.70. The number of nitrogens with zero attached hydrogens (tertiary/aromatic N) is 1. The minimum absolute atomic E-state index is 0.0277. The Morgan fingerprint density at radius 2 is 2.00 bits per heavy atom. The summed E-state index contributed by atoms with van der Waals surface area (Å²) >= 11 is 0. The van der Waals surface area contributed by atoms with Gasteiger partial charge in [0.15, 0.2) is 0 Å². The number of anilines is 1. The third kappa shape index (κ3) is 3.87. The van der Waals surface area contributed by atoms with Gasteiger partial charge in [0.05, 0.1) is 18.7 Å². The Balaban J connectivity index is 1.36. The largest absolute Gasteiger partial charge is 0.490 e. The molecule has 168 valence electrons. The lowest BCUT2D eigenvalue weighted by molar-refractivity contribution is -0.116. The van der Waals surface area contributed by atoms with Crippen molar-refractivity contribution in [2.45, 2.75) is 58.3 Å². The smallest absolute Gasteiger partial charge is 0.261 e. The minimum Gasteiger partial charge on any atom is -0.490 e. The number of hydrogen-bond donors (Lipinski definition) is 1. The molecule has 5 rings (SSSR count). The normalized spacial score (nSPS) is 21.8. The van der Waals surface area contributed by atoms with Gasteiger partial charge >= 0.3 is 0 Å². The van der Waals surface area contributed by atoms with Crippen LogP contribution in [0.3, 0.4) is 0 Å². The summed E-state index contributed by atoms with van der Waals surface area (Å²) in [5, 5.41) is 2.91. The van der Waals surface area contributed by atoms with Gasteiger partial charge in [-0.05, 0) is 56.5 Å². The highest BCUT2D eigenvalue weighted by molar-refractivity contribution is 6.00. The van der Waals surface area contributed by atoms with E-state index < -0.39 is 0 Å². The number of nitrogens with one attached hydrogen (secondary N) is 1. The number of ether oxygens (including phenoxy) is 3. The molecule has 3 heterocycles. The molecule has 2 aromatic rings. The number of carbonyl (C=O) groups is 2. The van der Waals surface area contributed by atoms with Crippen LogP contribution in [0.5, 0.6) is 17.2 Å². The molecule has 0 aromatic heterocycles. The molecule has 7 heteroatoms. The minimum atomic E-state index is -0.147. The van der Waals surface area contributed by atoms with E-state index in [-0.39, 0.29) is 30.1 Å². The second kappa shape index (κ2) is 8.04. The fraction of sp³-hybridized carbons (Fsp3) is 0.440. The van der Waals surface area contributed by atoms with Crippen LogP contribution >= 0.6 is 0 Å². The molecule has 1 fully saturated rings. The van der Waals surface area contributed by atoms with E-state index in [9.17, 15) is 9.59 Å². The van der Waals surface area contributed by atoms with E-state index in [1.54, 1.807) is 0 Å². The molecular weight excluding hydrogens is 408 g/mol. The van der Waals surface area contributed by atoms with Crippen molar-refractivity contribution < 1.29 is 23.8 Å². The average molecular weight is 437 g/mol. The van der Waals surface area contributed by atoms with Crippen LogP contribution in [-0.2, 0) is 11.2 Å². The maximum absolute atomic E-state index is 13.5. The molecule has 2 atom stereocenters. The van der Waals surface area contributed by atoms with Gasteiger partial charge in [-0.1, -0.05) is 6.07 Å².